The topological polar surface area (TPSA) is 84.5 Å². The van der Waals surface area contributed by atoms with Gasteiger partial charge in [0.05, 0.1) is 4.90 Å². The van der Waals surface area contributed by atoms with Gasteiger partial charge in [-0.05, 0) is 60.7 Å². The Kier molecular flexibility index (Phi) is 6.18. The molecule has 0 radical (unpaired) electrons. The number of amides is 1. The highest BCUT2D eigenvalue weighted by atomic mass is 35.5. The van der Waals surface area contributed by atoms with Crippen LogP contribution in [-0.4, -0.2) is 20.9 Å². The monoisotopic (exact) mass is 416 g/mol. The lowest BCUT2D eigenvalue weighted by Gasteiger charge is -2.10. The van der Waals surface area contributed by atoms with Gasteiger partial charge in [-0.1, -0.05) is 29.8 Å². The Bertz CT molecular complexity index is 1040. The summed E-state index contributed by atoms with van der Waals surface area (Å²) in [6, 6.07) is 21.1. The van der Waals surface area contributed by atoms with Gasteiger partial charge >= 0.3 is 0 Å². The fraction of sp³-hybridized carbons (Fsp3) is 0.0500. The number of carbonyl (C=O) groups excluding carboxylic acids is 1. The van der Waals surface area contributed by atoms with Crippen LogP contribution >= 0.6 is 11.6 Å². The summed E-state index contributed by atoms with van der Waals surface area (Å²) in [5.74, 6) is 0.0703. The van der Waals surface area contributed by atoms with Crippen LogP contribution in [0, 0.1) is 0 Å². The quantitative estimate of drug-likeness (QED) is 0.605. The third-order valence-corrected chi connectivity index (χ3v) is 5.31. The van der Waals surface area contributed by atoms with Crippen LogP contribution in [0.3, 0.4) is 0 Å². The molecule has 2 N–H and O–H groups in total. The molecule has 0 bridgehead atoms. The lowest BCUT2D eigenvalue weighted by molar-refractivity contribution is -0.118. The SMILES string of the molecule is O=C(COc1ccc(S(=O)(=O)Nc2ccc(Cl)cc2)cc1)Nc1ccccc1. The van der Waals surface area contributed by atoms with Gasteiger partial charge in [0.1, 0.15) is 5.75 Å². The van der Waals surface area contributed by atoms with Gasteiger partial charge in [0, 0.05) is 16.4 Å². The highest BCUT2D eigenvalue weighted by molar-refractivity contribution is 7.92. The molecule has 0 aromatic heterocycles. The van der Waals surface area contributed by atoms with E-state index >= 15 is 0 Å². The standard InChI is InChI=1S/C20H17ClN2O4S/c21-15-6-8-17(9-7-15)23-28(25,26)19-12-10-18(11-13-19)27-14-20(24)22-16-4-2-1-3-5-16/h1-13,23H,14H2,(H,22,24). The van der Waals surface area contributed by atoms with E-state index in [0.717, 1.165) is 0 Å². The summed E-state index contributed by atoms with van der Waals surface area (Å²) < 4.78 is 32.7. The summed E-state index contributed by atoms with van der Waals surface area (Å²) >= 11 is 5.79. The van der Waals surface area contributed by atoms with E-state index in [-0.39, 0.29) is 17.4 Å². The molecular weight excluding hydrogens is 400 g/mol. The third kappa shape index (κ3) is 5.48. The summed E-state index contributed by atoms with van der Waals surface area (Å²) in [4.78, 5) is 12.0. The zero-order valence-corrected chi connectivity index (χ0v) is 16.2. The number of para-hydroxylation sites is 1. The molecule has 28 heavy (non-hydrogen) atoms. The maximum atomic E-state index is 12.4. The van der Waals surface area contributed by atoms with Crippen LogP contribution < -0.4 is 14.8 Å². The van der Waals surface area contributed by atoms with Gasteiger partial charge in [0.15, 0.2) is 6.61 Å². The zero-order chi connectivity index (χ0) is 20.0. The van der Waals surface area contributed by atoms with E-state index in [2.05, 4.69) is 10.0 Å². The Balaban J connectivity index is 1.58. The number of sulfonamides is 1. The van der Waals surface area contributed by atoms with E-state index in [1.54, 1.807) is 36.4 Å². The van der Waals surface area contributed by atoms with Crippen molar-refractivity contribution in [3.63, 3.8) is 0 Å². The molecule has 0 fully saturated rings. The highest BCUT2D eigenvalue weighted by Crippen LogP contribution is 2.20. The minimum Gasteiger partial charge on any atom is -0.484 e. The smallest absolute Gasteiger partial charge is 0.262 e. The van der Waals surface area contributed by atoms with Gasteiger partial charge in [-0.15, -0.1) is 0 Å². The van der Waals surface area contributed by atoms with Crippen LogP contribution in [0.15, 0.2) is 83.8 Å². The molecule has 0 aliphatic rings. The lowest BCUT2D eigenvalue weighted by Crippen LogP contribution is -2.20. The number of ether oxygens (including phenoxy) is 1. The maximum absolute atomic E-state index is 12.4. The molecule has 0 saturated heterocycles. The molecule has 0 aliphatic carbocycles. The van der Waals surface area contributed by atoms with Crippen LogP contribution in [0.2, 0.25) is 5.02 Å². The molecule has 144 valence electrons. The van der Waals surface area contributed by atoms with Crippen molar-refractivity contribution in [2.45, 2.75) is 4.90 Å². The Morgan fingerprint density at radius 3 is 2.14 bits per heavy atom. The third-order valence-electron chi connectivity index (χ3n) is 3.66. The molecule has 3 rings (SSSR count). The predicted molar refractivity (Wildman–Crippen MR) is 109 cm³/mol. The summed E-state index contributed by atoms with van der Waals surface area (Å²) in [5, 5.41) is 3.21. The summed E-state index contributed by atoms with van der Waals surface area (Å²) in [6.07, 6.45) is 0. The Hall–Kier alpha value is -3.03. The minimum absolute atomic E-state index is 0.0727. The van der Waals surface area contributed by atoms with E-state index in [9.17, 15) is 13.2 Å². The van der Waals surface area contributed by atoms with Crippen LogP contribution in [-0.2, 0) is 14.8 Å². The molecule has 8 heteroatoms. The number of halogens is 1. The van der Waals surface area contributed by atoms with E-state index in [4.69, 9.17) is 16.3 Å². The van der Waals surface area contributed by atoms with Crippen molar-refractivity contribution in [3.8, 4) is 5.75 Å². The van der Waals surface area contributed by atoms with Gasteiger partial charge in [0.2, 0.25) is 0 Å². The second-order valence-corrected chi connectivity index (χ2v) is 7.91. The van der Waals surface area contributed by atoms with Crippen LogP contribution in [0.4, 0.5) is 11.4 Å². The average Bonchev–Trinajstić information content (AvgIpc) is 2.69. The van der Waals surface area contributed by atoms with Crippen LogP contribution in [0.5, 0.6) is 5.75 Å². The Labute approximate surface area is 168 Å². The lowest BCUT2D eigenvalue weighted by atomic mass is 10.3. The molecule has 3 aromatic carbocycles. The van der Waals surface area contributed by atoms with Gasteiger partial charge in [-0.3, -0.25) is 9.52 Å². The first-order chi connectivity index (χ1) is 13.4. The number of hydrogen-bond acceptors (Lipinski definition) is 4. The minimum atomic E-state index is -3.74. The summed E-state index contributed by atoms with van der Waals surface area (Å²) in [6.45, 7) is -0.190. The Morgan fingerprint density at radius 1 is 0.857 bits per heavy atom. The summed E-state index contributed by atoms with van der Waals surface area (Å²) in [5.41, 5.74) is 1.08. The first kappa shape index (κ1) is 19.7. The fourth-order valence-corrected chi connectivity index (χ4v) is 3.50. The molecule has 3 aromatic rings. The normalized spacial score (nSPS) is 10.9. The molecule has 0 unspecified atom stereocenters. The van der Waals surface area contributed by atoms with Crippen molar-refractivity contribution < 1.29 is 17.9 Å². The second kappa shape index (κ2) is 8.77. The van der Waals surface area contributed by atoms with Gasteiger partial charge < -0.3 is 10.1 Å². The van der Waals surface area contributed by atoms with Crippen molar-refractivity contribution in [2.24, 2.45) is 0 Å². The number of carbonyl (C=O) groups is 1. The number of benzene rings is 3. The molecular formula is C20H17ClN2O4S. The van der Waals surface area contributed by atoms with Crippen molar-refractivity contribution in [1.29, 1.82) is 0 Å². The zero-order valence-electron chi connectivity index (χ0n) is 14.6. The largest absolute Gasteiger partial charge is 0.484 e. The first-order valence-corrected chi connectivity index (χ1v) is 10.1. The molecule has 0 atom stereocenters. The van der Waals surface area contributed by atoms with Gasteiger partial charge in [-0.25, -0.2) is 8.42 Å². The number of hydrogen-bond donors (Lipinski definition) is 2. The van der Waals surface area contributed by atoms with E-state index in [1.165, 1.54) is 24.3 Å². The molecule has 0 saturated carbocycles. The molecule has 0 heterocycles. The average molecular weight is 417 g/mol. The summed E-state index contributed by atoms with van der Waals surface area (Å²) in [7, 11) is -3.74. The van der Waals surface area contributed by atoms with E-state index in [0.29, 0.717) is 22.1 Å². The number of rotatable bonds is 7. The Morgan fingerprint density at radius 2 is 1.50 bits per heavy atom. The van der Waals surface area contributed by atoms with E-state index < -0.39 is 10.0 Å². The van der Waals surface area contributed by atoms with Crippen molar-refractivity contribution in [3.05, 3.63) is 83.9 Å². The maximum Gasteiger partial charge on any atom is 0.262 e. The molecule has 1 amide bonds. The highest BCUT2D eigenvalue weighted by Gasteiger charge is 2.14. The molecule has 0 spiro atoms. The van der Waals surface area contributed by atoms with E-state index in [1.807, 2.05) is 18.2 Å². The fourth-order valence-electron chi connectivity index (χ4n) is 2.31. The van der Waals surface area contributed by atoms with Gasteiger partial charge in [0.25, 0.3) is 15.9 Å². The van der Waals surface area contributed by atoms with Crippen LogP contribution in [0.1, 0.15) is 0 Å². The van der Waals surface area contributed by atoms with Crippen molar-refractivity contribution in [1.82, 2.24) is 0 Å². The number of anilines is 2. The van der Waals surface area contributed by atoms with Gasteiger partial charge in [-0.2, -0.15) is 0 Å². The van der Waals surface area contributed by atoms with Crippen molar-refractivity contribution >= 4 is 38.9 Å². The number of nitrogens with one attached hydrogen (secondary N) is 2. The van der Waals surface area contributed by atoms with Crippen molar-refractivity contribution in [2.75, 3.05) is 16.6 Å². The molecule has 0 aliphatic heterocycles. The molecule has 6 nitrogen and oxygen atoms in total. The first-order valence-electron chi connectivity index (χ1n) is 8.28. The predicted octanol–water partition coefficient (Wildman–Crippen LogP) is 4.16. The second-order valence-electron chi connectivity index (χ2n) is 5.79. The van der Waals surface area contributed by atoms with Crippen LogP contribution in [0.25, 0.3) is 0 Å².